The Labute approximate surface area is 122 Å². The molecule has 1 saturated heterocycles. The number of nitrogens with one attached hydrogen (secondary N) is 1. The Kier molecular flexibility index (Phi) is 4.39. The number of carbonyl (C=O) groups is 1. The number of hydrogen-bond donors (Lipinski definition) is 2. The Balaban J connectivity index is 2.33. The number of nitro benzene ring substituents is 1. The van der Waals surface area contributed by atoms with E-state index in [1.165, 1.54) is 12.1 Å². The largest absolute Gasteiger partial charge is 0.336 e. The van der Waals surface area contributed by atoms with E-state index in [0.717, 1.165) is 6.54 Å². The van der Waals surface area contributed by atoms with Gasteiger partial charge >= 0.3 is 5.69 Å². The highest BCUT2D eigenvalue weighted by atomic mass is 16.6. The lowest BCUT2D eigenvalue weighted by molar-refractivity contribution is -0.384. The number of rotatable bonds is 3. The molecular weight excluding hydrogens is 274 g/mol. The van der Waals surface area contributed by atoms with E-state index in [0.29, 0.717) is 13.1 Å². The van der Waals surface area contributed by atoms with Crippen LogP contribution in [-0.2, 0) is 0 Å². The molecule has 1 aliphatic rings. The maximum absolute atomic E-state index is 12.6. The normalized spacial score (nSPS) is 19.4. The van der Waals surface area contributed by atoms with E-state index in [-0.39, 0.29) is 28.9 Å². The van der Waals surface area contributed by atoms with Gasteiger partial charge in [-0.2, -0.15) is 0 Å². The number of likely N-dealkylation sites (N-methyl/N-ethyl adjacent to an activating group) is 1. The van der Waals surface area contributed by atoms with Crippen molar-refractivity contribution in [2.24, 2.45) is 5.84 Å². The van der Waals surface area contributed by atoms with Gasteiger partial charge < -0.3 is 15.2 Å². The summed E-state index contributed by atoms with van der Waals surface area (Å²) in [6.45, 7) is 3.87. The zero-order valence-corrected chi connectivity index (χ0v) is 12.1. The molecule has 1 fully saturated rings. The molecule has 8 nitrogen and oxygen atoms in total. The van der Waals surface area contributed by atoms with Crippen molar-refractivity contribution >= 4 is 17.3 Å². The minimum absolute atomic E-state index is 0.0622. The molecule has 1 aliphatic heterocycles. The lowest BCUT2D eigenvalue weighted by Crippen LogP contribution is -2.52. The molecular formula is C13H19N5O3. The number of nitrogens with two attached hydrogens (primary N) is 1. The van der Waals surface area contributed by atoms with Gasteiger partial charge in [-0.15, -0.1) is 0 Å². The predicted octanol–water partition coefficient (Wildman–Crippen LogP) is 0.657. The molecule has 8 heteroatoms. The molecule has 1 atom stereocenters. The van der Waals surface area contributed by atoms with Crippen LogP contribution in [0.1, 0.15) is 17.3 Å². The fourth-order valence-corrected chi connectivity index (χ4v) is 2.43. The molecule has 21 heavy (non-hydrogen) atoms. The smallest absolute Gasteiger partial charge is 0.306 e. The number of hydrogen-bond acceptors (Lipinski definition) is 6. The van der Waals surface area contributed by atoms with Crippen molar-refractivity contribution in [3.8, 4) is 0 Å². The summed E-state index contributed by atoms with van der Waals surface area (Å²) in [5.74, 6) is 4.96. The van der Waals surface area contributed by atoms with Gasteiger partial charge in [0, 0.05) is 25.7 Å². The third-order valence-corrected chi connectivity index (χ3v) is 3.85. The molecule has 0 bridgehead atoms. The second-order valence-electron chi connectivity index (χ2n) is 5.18. The van der Waals surface area contributed by atoms with Crippen LogP contribution in [0.4, 0.5) is 11.4 Å². The SMILES string of the molecule is CC1CN(C(=O)c2cccc(NN)c2[N+](=O)[O-])CCN1C. The van der Waals surface area contributed by atoms with Crippen LogP contribution in [0.25, 0.3) is 0 Å². The average molecular weight is 293 g/mol. The van der Waals surface area contributed by atoms with Gasteiger partial charge in [0.25, 0.3) is 5.91 Å². The number of amides is 1. The average Bonchev–Trinajstić information content (AvgIpc) is 2.48. The highest BCUT2D eigenvalue weighted by molar-refractivity contribution is 6.00. The van der Waals surface area contributed by atoms with E-state index in [2.05, 4.69) is 10.3 Å². The zero-order valence-electron chi connectivity index (χ0n) is 12.1. The van der Waals surface area contributed by atoms with E-state index < -0.39 is 4.92 Å². The highest BCUT2D eigenvalue weighted by Crippen LogP contribution is 2.29. The Hall–Kier alpha value is -2.19. The van der Waals surface area contributed by atoms with Gasteiger partial charge in [0.2, 0.25) is 0 Å². The predicted molar refractivity (Wildman–Crippen MR) is 78.9 cm³/mol. The third-order valence-electron chi connectivity index (χ3n) is 3.85. The first-order valence-corrected chi connectivity index (χ1v) is 6.69. The number of piperazine rings is 1. The molecule has 0 aliphatic carbocycles. The van der Waals surface area contributed by atoms with Crippen molar-refractivity contribution in [3.05, 3.63) is 33.9 Å². The summed E-state index contributed by atoms with van der Waals surface area (Å²) in [4.78, 5) is 27.0. The second kappa shape index (κ2) is 6.06. The zero-order chi connectivity index (χ0) is 15.6. The van der Waals surface area contributed by atoms with Crippen molar-refractivity contribution in [2.75, 3.05) is 32.1 Å². The summed E-state index contributed by atoms with van der Waals surface area (Å²) >= 11 is 0. The Bertz CT molecular complexity index is 563. The third kappa shape index (κ3) is 2.96. The number of nitrogen functional groups attached to an aromatic ring is 1. The lowest BCUT2D eigenvalue weighted by Gasteiger charge is -2.37. The van der Waals surface area contributed by atoms with Crippen molar-refractivity contribution < 1.29 is 9.72 Å². The first kappa shape index (κ1) is 15.2. The summed E-state index contributed by atoms with van der Waals surface area (Å²) < 4.78 is 0. The Morgan fingerprint density at radius 2 is 2.19 bits per heavy atom. The molecule has 1 aromatic rings. The van der Waals surface area contributed by atoms with E-state index in [4.69, 9.17) is 5.84 Å². The second-order valence-corrected chi connectivity index (χ2v) is 5.18. The van der Waals surface area contributed by atoms with Crippen LogP contribution < -0.4 is 11.3 Å². The first-order valence-electron chi connectivity index (χ1n) is 6.69. The number of anilines is 1. The Morgan fingerprint density at radius 1 is 1.48 bits per heavy atom. The van der Waals surface area contributed by atoms with Gasteiger partial charge in [-0.1, -0.05) is 6.07 Å². The molecule has 1 aromatic carbocycles. The molecule has 3 N–H and O–H groups in total. The van der Waals surface area contributed by atoms with Gasteiger partial charge in [0.05, 0.1) is 4.92 Å². The maximum Gasteiger partial charge on any atom is 0.306 e. The lowest BCUT2D eigenvalue weighted by atomic mass is 10.1. The molecule has 1 unspecified atom stereocenters. The Morgan fingerprint density at radius 3 is 2.76 bits per heavy atom. The number of hydrazine groups is 1. The molecule has 0 radical (unpaired) electrons. The number of nitro groups is 1. The fraction of sp³-hybridized carbons (Fsp3) is 0.462. The number of carbonyl (C=O) groups excluding carboxylic acids is 1. The van der Waals surface area contributed by atoms with Crippen LogP contribution in [0.15, 0.2) is 18.2 Å². The molecule has 114 valence electrons. The number of para-hydroxylation sites is 1. The van der Waals surface area contributed by atoms with Gasteiger partial charge in [-0.05, 0) is 26.1 Å². The number of benzene rings is 1. The molecule has 1 heterocycles. The molecule has 1 amide bonds. The fourth-order valence-electron chi connectivity index (χ4n) is 2.43. The van der Waals surface area contributed by atoms with Crippen LogP contribution in [0.5, 0.6) is 0 Å². The monoisotopic (exact) mass is 293 g/mol. The molecule has 2 rings (SSSR count). The molecule has 0 spiro atoms. The summed E-state index contributed by atoms with van der Waals surface area (Å²) in [5.41, 5.74) is 2.18. The van der Waals surface area contributed by atoms with Gasteiger partial charge in [-0.3, -0.25) is 20.8 Å². The quantitative estimate of drug-likeness (QED) is 0.482. The number of nitrogens with zero attached hydrogens (tertiary/aromatic N) is 3. The topological polar surface area (TPSA) is 105 Å². The van der Waals surface area contributed by atoms with E-state index >= 15 is 0 Å². The van der Waals surface area contributed by atoms with Crippen molar-refractivity contribution in [1.82, 2.24) is 9.80 Å². The van der Waals surface area contributed by atoms with E-state index in [1.807, 2.05) is 14.0 Å². The van der Waals surface area contributed by atoms with Gasteiger partial charge in [0.1, 0.15) is 11.3 Å². The van der Waals surface area contributed by atoms with Crippen LogP contribution in [0.3, 0.4) is 0 Å². The van der Waals surface area contributed by atoms with Gasteiger partial charge in [-0.25, -0.2) is 0 Å². The van der Waals surface area contributed by atoms with Crippen molar-refractivity contribution in [3.63, 3.8) is 0 Å². The summed E-state index contributed by atoms with van der Waals surface area (Å²) in [7, 11) is 1.99. The van der Waals surface area contributed by atoms with Crippen LogP contribution >= 0.6 is 0 Å². The highest BCUT2D eigenvalue weighted by Gasteiger charge is 2.30. The summed E-state index contributed by atoms with van der Waals surface area (Å²) in [6, 6.07) is 4.73. The van der Waals surface area contributed by atoms with E-state index in [9.17, 15) is 14.9 Å². The minimum atomic E-state index is -0.581. The molecule has 0 saturated carbocycles. The van der Waals surface area contributed by atoms with Crippen molar-refractivity contribution in [2.45, 2.75) is 13.0 Å². The van der Waals surface area contributed by atoms with Crippen LogP contribution in [-0.4, -0.2) is 53.4 Å². The maximum atomic E-state index is 12.6. The minimum Gasteiger partial charge on any atom is -0.336 e. The van der Waals surface area contributed by atoms with Gasteiger partial charge in [0.15, 0.2) is 0 Å². The standard InChI is InChI=1S/C13H19N5O3/c1-9-8-17(7-6-16(9)2)13(19)10-4-3-5-11(15-14)12(10)18(20)21/h3-5,9,15H,6-8,14H2,1-2H3. The first-order chi connectivity index (χ1) is 9.95. The molecule has 0 aromatic heterocycles. The van der Waals surface area contributed by atoms with E-state index in [1.54, 1.807) is 11.0 Å². The summed E-state index contributed by atoms with van der Waals surface area (Å²) in [6.07, 6.45) is 0. The van der Waals surface area contributed by atoms with Crippen LogP contribution in [0.2, 0.25) is 0 Å². The van der Waals surface area contributed by atoms with Crippen LogP contribution in [0, 0.1) is 10.1 Å². The summed E-state index contributed by atoms with van der Waals surface area (Å²) in [5, 5.41) is 11.2. The van der Waals surface area contributed by atoms with Crippen molar-refractivity contribution in [1.29, 1.82) is 0 Å².